The van der Waals surface area contributed by atoms with Gasteiger partial charge in [-0.05, 0) is 25.8 Å². The monoisotopic (exact) mass is 225 g/mol. The summed E-state index contributed by atoms with van der Waals surface area (Å²) in [7, 11) is 0. The van der Waals surface area contributed by atoms with Gasteiger partial charge in [-0.25, -0.2) is 4.39 Å². The maximum Gasteiger partial charge on any atom is 0.127 e. The highest BCUT2D eigenvalue weighted by Crippen LogP contribution is 2.19. The van der Waals surface area contributed by atoms with Gasteiger partial charge in [0.05, 0.1) is 0 Å². The molecule has 2 N–H and O–H groups in total. The van der Waals surface area contributed by atoms with E-state index in [4.69, 9.17) is 10.5 Å². The quantitative estimate of drug-likeness (QED) is 0.755. The van der Waals surface area contributed by atoms with Crippen molar-refractivity contribution in [1.82, 2.24) is 0 Å². The third-order valence-electron chi connectivity index (χ3n) is 2.47. The highest BCUT2D eigenvalue weighted by Gasteiger charge is 2.11. The standard InChI is InChI=1S/C13H20FNO/c1-3-7-16-8-6-13(15)11-9-10(2)4-5-12(11)14/h4-5,9,13H,3,6-8,15H2,1-2H3. The zero-order valence-corrected chi connectivity index (χ0v) is 10.0. The van der Waals surface area contributed by atoms with Crippen LogP contribution in [-0.4, -0.2) is 13.2 Å². The van der Waals surface area contributed by atoms with Gasteiger partial charge in [0, 0.05) is 24.8 Å². The van der Waals surface area contributed by atoms with Gasteiger partial charge in [-0.15, -0.1) is 0 Å². The Balaban J connectivity index is 2.51. The van der Waals surface area contributed by atoms with Crippen LogP contribution < -0.4 is 5.73 Å². The Morgan fingerprint density at radius 3 is 2.81 bits per heavy atom. The van der Waals surface area contributed by atoms with E-state index in [1.807, 2.05) is 6.92 Å². The first kappa shape index (κ1) is 13.1. The van der Waals surface area contributed by atoms with Crippen molar-refractivity contribution in [2.45, 2.75) is 32.7 Å². The van der Waals surface area contributed by atoms with Crippen LogP contribution in [0.4, 0.5) is 4.39 Å². The molecule has 0 aliphatic rings. The molecule has 0 heterocycles. The van der Waals surface area contributed by atoms with Gasteiger partial charge in [0.2, 0.25) is 0 Å². The van der Waals surface area contributed by atoms with Crippen LogP contribution in [0.3, 0.4) is 0 Å². The third-order valence-corrected chi connectivity index (χ3v) is 2.47. The molecule has 2 nitrogen and oxygen atoms in total. The largest absolute Gasteiger partial charge is 0.381 e. The van der Waals surface area contributed by atoms with Gasteiger partial charge in [0.15, 0.2) is 0 Å². The summed E-state index contributed by atoms with van der Waals surface area (Å²) in [6, 6.07) is 4.74. The summed E-state index contributed by atoms with van der Waals surface area (Å²) in [4.78, 5) is 0. The van der Waals surface area contributed by atoms with Crippen molar-refractivity contribution < 1.29 is 9.13 Å². The zero-order chi connectivity index (χ0) is 12.0. The Morgan fingerprint density at radius 1 is 1.38 bits per heavy atom. The lowest BCUT2D eigenvalue weighted by Crippen LogP contribution is -2.15. The molecule has 1 rings (SSSR count). The highest BCUT2D eigenvalue weighted by molar-refractivity contribution is 5.26. The fourth-order valence-corrected chi connectivity index (χ4v) is 1.56. The Hall–Kier alpha value is -0.930. The predicted molar refractivity (Wildman–Crippen MR) is 63.8 cm³/mol. The highest BCUT2D eigenvalue weighted by atomic mass is 19.1. The SMILES string of the molecule is CCCOCCC(N)c1cc(C)ccc1F. The molecule has 1 unspecified atom stereocenters. The van der Waals surface area contributed by atoms with Crippen LogP contribution in [0.15, 0.2) is 18.2 Å². The van der Waals surface area contributed by atoms with Gasteiger partial charge < -0.3 is 10.5 Å². The van der Waals surface area contributed by atoms with Crippen LogP contribution in [0.25, 0.3) is 0 Å². The molecule has 0 aliphatic carbocycles. The lowest BCUT2D eigenvalue weighted by atomic mass is 10.0. The van der Waals surface area contributed by atoms with Gasteiger partial charge in [-0.2, -0.15) is 0 Å². The van der Waals surface area contributed by atoms with Gasteiger partial charge in [-0.3, -0.25) is 0 Å². The molecule has 0 aromatic heterocycles. The van der Waals surface area contributed by atoms with E-state index in [0.717, 1.165) is 18.6 Å². The van der Waals surface area contributed by atoms with Crippen molar-refractivity contribution in [3.05, 3.63) is 35.1 Å². The number of nitrogens with two attached hydrogens (primary N) is 1. The minimum atomic E-state index is -0.281. The summed E-state index contributed by atoms with van der Waals surface area (Å²) in [6.07, 6.45) is 1.65. The molecule has 0 amide bonds. The minimum Gasteiger partial charge on any atom is -0.381 e. The fourth-order valence-electron chi connectivity index (χ4n) is 1.56. The minimum absolute atomic E-state index is 0.228. The fraction of sp³-hybridized carbons (Fsp3) is 0.538. The second-order valence-corrected chi connectivity index (χ2v) is 4.03. The predicted octanol–water partition coefficient (Wildman–Crippen LogP) is 2.95. The molecule has 1 aromatic carbocycles. The number of halogens is 1. The Labute approximate surface area is 96.6 Å². The molecule has 0 saturated carbocycles. The van der Waals surface area contributed by atoms with Crippen LogP contribution in [-0.2, 0) is 4.74 Å². The average Bonchev–Trinajstić information content (AvgIpc) is 2.27. The summed E-state index contributed by atoms with van der Waals surface area (Å²) >= 11 is 0. The van der Waals surface area contributed by atoms with E-state index >= 15 is 0 Å². The van der Waals surface area contributed by atoms with E-state index in [1.165, 1.54) is 6.07 Å². The maximum atomic E-state index is 13.5. The molecule has 3 heteroatoms. The van der Waals surface area contributed by atoms with Crippen LogP contribution in [0, 0.1) is 12.7 Å². The molecule has 90 valence electrons. The third kappa shape index (κ3) is 3.91. The van der Waals surface area contributed by atoms with E-state index < -0.39 is 0 Å². The smallest absolute Gasteiger partial charge is 0.127 e. The normalized spacial score (nSPS) is 12.8. The summed E-state index contributed by atoms with van der Waals surface area (Å²) in [6.45, 7) is 5.31. The lowest BCUT2D eigenvalue weighted by molar-refractivity contribution is 0.127. The number of benzene rings is 1. The molecular formula is C13H20FNO. The first-order chi connectivity index (χ1) is 7.65. The first-order valence-corrected chi connectivity index (χ1v) is 5.74. The molecule has 0 aliphatic heterocycles. The molecule has 1 atom stereocenters. The topological polar surface area (TPSA) is 35.2 Å². The number of aryl methyl sites for hydroxylation is 1. The summed E-state index contributed by atoms with van der Waals surface area (Å²) in [5, 5.41) is 0. The van der Waals surface area contributed by atoms with Crippen molar-refractivity contribution >= 4 is 0 Å². The molecule has 0 bridgehead atoms. The van der Waals surface area contributed by atoms with Crippen molar-refractivity contribution in [1.29, 1.82) is 0 Å². The molecule has 0 saturated heterocycles. The van der Waals surface area contributed by atoms with Crippen molar-refractivity contribution in [3.63, 3.8) is 0 Å². The zero-order valence-electron chi connectivity index (χ0n) is 10.0. The Morgan fingerprint density at radius 2 is 2.12 bits per heavy atom. The van der Waals surface area contributed by atoms with E-state index in [9.17, 15) is 4.39 Å². The molecule has 1 aromatic rings. The van der Waals surface area contributed by atoms with Crippen molar-refractivity contribution in [3.8, 4) is 0 Å². The number of ether oxygens (including phenoxy) is 1. The van der Waals surface area contributed by atoms with E-state index in [-0.39, 0.29) is 11.9 Å². The second kappa shape index (κ2) is 6.61. The van der Waals surface area contributed by atoms with Crippen LogP contribution >= 0.6 is 0 Å². The molecule has 0 fully saturated rings. The van der Waals surface area contributed by atoms with E-state index in [2.05, 4.69) is 6.92 Å². The van der Waals surface area contributed by atoms with Crippen molar-refractivity contribution in [2.24, 2.45) is 5.73 Å². The van der Waals surface area contributed by atoms with Crippen LogP contribution in [0.5, 0.6) is 0 Å². The van der Waals surface area contributed by atoms with Gasteiger partial charge in [-0.1, -0.05) is 24.6 Å². The summed E-state index contributed by atoms with van der Waals surface area (Å²) in [5.74, 6) is -0.228. The van der Waals surface area contributed by atoms with Crippen molar-refractivity contribution in [2.75, 3.05) is 13.2 Å². The average molecular weight is 225 g/mol. The number of hydrogen-bond acceptors (Lipinski definition) is 2. The van der Waals surface area contributed by atoms with Crippen LogP contribution in [0.2, 0.25) is 0 Å². The lowest BCUT2D eigenvalue weighted by Gasteiger charge is -2.13. The van der Waals surface area contributed by atoms with Gasteiger partial charge >= 0.3 is 0 Å². The van der Waals surface area contributed by atoms with Crippen LogP contribution in [0.1, 0.15) is 36.9 Å². The molecular weight excluding hydrogens is 205 g/mol. The first-order valence-electron chi connectivity index (χ1n) is 5.74. The number of hydrogen-bond donors (Lipinski definition) is 1. The Bertz CT molecular complexity index is 328. The summed E-state index contributed by atoms with van der Waals surface area (Å²) < 4.78 is 18.8. The maximum absolute atomic E-state index is 13.5. The Kier molecular flexibility index (Phi) is 5.43. The molecule has 0 radical (unpaired) electrons. The summed E-state index contributed by atoms with van der Waals surface area (Å²) in [5.41, 5.74) is 7.54. The molecule has 16 heavy (non-hydrogen) atoms. The van der Waals surface area contributed by atoms with Gasteiger partial charge in [0.25, 0.3) is 0 Å². The van der Waals surface area contributed by atoms with Gasteiger partial charge in [0.1, 0.15) is 5.82 Å². The molecule has 0 spiro atoms. The van der Waals surface area contributed by atoms with E-state index in [1.54, 1.807) is 12.1 Å². The second-order valence-electron chi connectivity index (χ2n) is 4.03. The number of rotatable bonds is 6. The van der Waals surface area contributed by atoms with E-state index in [0.29, 0.717) is 18.6 Å².